The zero-order valence-electron chi connectivity index (χ0n) is 12.7. The molecule has 0 bridgehead atoms. The Morgan fingerprint density at radius 3 is 1.13 bits per heavy atom. The van der Waals surface area contributed by atoms with Crippen LogP contribution in [-0.4, -0.2) is 64.8 Å². The van der Waals surface area contributed by atoms with E-state index < -0.39 is 11.9 Å². The molecule has 0 aromatic rings. The van der Waals surface area contributed by atoms with Crippen molar-refractivity contribution in [1.29, 1.82) is 0 Å². The number of hydrogen-bond acceptors (Lipinski definition) is 7. The van der Waals surface area contributed by atoms with Crippen LogP contribution in [-0.2, 0) is 33.3 Å². The zero-order chi connectivity index (χ0) is 17.5. The summed E-state index contributed by atoms with van der Waals surface area (Å²) >= 11 is 10.6. The van der Waals surface area contributed by atoms with Crippen molar-refractivity contribution >= 4 is 35.1 Å². The molecule has 0 radical (unpaired) electrons. The van der Waals surface area contributed by atoms with Crippen molar-refractivity contribution in [2.24, 2.45) is 0 Å². The van der Waals surface area contributed by atoms with Crippen molar-refractivity contribution in [2.75, 3.05) is 52.9 Å². The van der Waals surface area contributed by atoms with Gasteiger partial charge in [0.15, 0.2) is 0 Å². The van der Waals surface area contributed by atoms with Crippen molar-refractivity contribution in [2.45, 2.75) is 0 Å². The zero-order valence-corrected chi connectivity index (χ0v) is 14.2. The Hall–Kier alpha value is -1.12. The summed E-state index contributed by atoms with van der Waals surface area (Å²) in [6.07, 6.45) is 0. The van der Waals surface area contributed by atoms with Crippen molar-refractivity contribution in [3.05, 3.63) is 23.2 Å². The number of carbonyl (C=O) groups excluding carboxylic acids is 2. The van der Waals surface area contributed by atoms with Gasteiger partial charge in [-0.3, -0.25) is 0 Å². The number of halogens is 2. The lowest BCUT2D eigenvalue weighted by Crippen LogP contribution is -2.15. The predicted molar refractivity (Wildman–Crippen MR) is 84.4 cm³/mol. The average molecular weight is 371 g/mol. The average Bonchev–Trinajstić information content (AvgIpc) is 2.50. The van der Waals surface area contributed by atoms with Crippen LogP contribution < -0.4 is 0 Å². The largest absolute Gasteiger partial charge is 0.459 e. The lowest BCUT2D eigenvalue weighted by molar-refractivity contribution is -0.140. The van der Waals surface area contributed by atoms with Gasteiger partial charge in [-0.15, -0.1) is 0 Å². The summed E-state index contributed by atoms with van der Waals surface area (Å²) in [7, 11) is 0. The first-order chi connectivity index (χ1) is 10.9. The van der Waals surface area contributed by atoms with Crippen LogP contribution in [0.4, 0.5) is 0 Å². The molecular formula is C14H20Cl2O7. The Morgan fingerprint density at radius 1 is 0.609 bits per heavy atom. The number of ether oxygens (including phenoxy) is 5. The fraction of sp³-hybridized carbons (Fsp3) is 0.571. The highest BCUT2D eigenvalue weighted by molar-refractivity contribution is 6.41. The Morgan fingerprint density at radius 2 is 0.870 bits per heavy atom. The molecule has 0 aliphatic rings. The topological polar surface area (TPSA) is 80.3 Å². The molecule has 0 rings (SSSR count). The second-order valence-corrected chi connectivity index (χ2v) is 4.83. The number of esters is 2. The summed E-state index contributed by atoms with van der Waals surface area (Å²) in [5.41, 5.74) is 0. The van der Waals surface area contributed by atoms with E-state index in [-0.39, 0.29) is 36.5 Å². The van der Waals surface area contributed by atoms with Crippen LogP contribution in [0.2, 0.25) is 0 Å². The Kier molecular flexibility index (Phi) is 13.8. The van der Waals surface area contributed by atoms with Gasteiger partial charge >= 0.3 is 11.9 Å². The molecule has 0 atom stereocenters. The maximum atomic E-state index is 10.9. The van der Waals surface area contributed by atoms with Gasteiger partial charge in [-0.1, -0.05) is 36.4 Å². The summed E-state index contributed by atoms with van der Waals surface area (Å²) in [5, 5.41) is -0.341. The van der Waals surface area contributed by atoms with Gasteiger partial charge in [0.25, 0.3) is 0 Å². The van der Waals surface area contributed by atoms with Gasteiger partial charge in [-0.25, -0.2) is 9.59 Å². The molecule has 132 valence electrons. The minimum atomic E-state index is -0.662. The SMILES string of the molecule is C=C(Cl)C(=O)OCCOCCOCCOCCOC(=O)C(=C)Cl. The van der Waals surface area contributed by atoms with Gasteiger partial charge in [-0.2, -0.15) is 0 Å². The molecule has 0 amide bonds. The third-order valence-electron chi connectivity index (χ3n) is 2.11. The molecule has 0 fully saturated rings. The molecular weight excluding hydrogens is 351 g/mol. The molecule has 0 unspecified atom stereocenters. The van der Waals surface area contributed by atoms with Crippen LogP contribution in [0.25, 0.3) is 0 Å². The molecule has 0 spiro atoms. The molecule has 0 heterocycles. The fourth-order valence-corrected chi connectivity index (χ4v) is 1.19. The maximum absolute atomic E-state index is 10.9. The lowest BCUT2D eigenvalue weighted by Gasteiger charge is -2.07. The number of carbonyl (C=O) groups is 2. The molecule has 7 nitrogen and oxygen atoms in total. The van der Waals surface area contributed by atoms with Crippen molar-refractivity contribution in [3.63, 3.8) is 0 Å². The van der Waals surface area contributed by atoms with Crippen molar-refractivity contribution in [3.8, 4) is 0 Å². The van der Waals surface area contributed by atoms with E-state index in [9.17, 15) is 9.59 Å². The van der Waals surface area contributed by atoms with E-state index in [1.165, 1.54) is 0 Å². The predicted octanol–water partition coefficient (Wildman–Crippen LogP) is 1.63. The van der Waals surface area contributed by atoms with Crippen LogP contribution in [0, 0.1) is 0 Å². The maximum Gasteiger partial charge on any atom is 0.349 e. The number of rotatable bonds is 14. The van der Waals surface area contributed by atoms with Gasteiger partial charge in [0.2, 0.25) is 0 Å². The second-order valence-electron chi connectivity index (χ2n) is 3.92. The first-order valence-electron chi connectivity index (χ1n) is 6.71. The Labute approximate surface area is 145 Å². The quantitative estimate of drug-likeness (QED) is 0.261. The number of hydrogen-bond donors (Lipinski definition) is 0. The van der Waals surface area contributed by atoms with E-state index in [0.29, 0.717) is 26.4 Å². The third kappa shape index (κ3) is 14.2. The second kappa shape index (κ2) is 14.5. The van der Waals surface area contributed by atoms with Crippen LogP contribution in [0.5, 0.6) is 0 Å². The normalized spacial score (nSPS) is 10.2. The van der Waals surface area contributed by atoms with Gasteiger partial charge in [0.1, 0.15) is 23.3 Å². The van der Waals surface area contributed by atoms with Crippen molar-refractivity contribution in [1.82, 2.24) is 0 Å². The highest BCUT2D eigenvalue weighted by Crippen LogP contribution is 1.99. The van der Waals surface area contributed by atoms with Crippen LogP contribution in [0.15, 0.2) is 23.2 Å². The summed E-state index contributed by atoms with van der Waals surface area (Å²) < 4.78 is 25.0. The molecule has 0 aromatic carbocycles. The summed E-state index contributed by atoms with van der Waals surface area (Å²) in [6.45, 7) is 8.61. The van der Waals surface area contributed by atoms with E-state index in [4.69, 9.17) is 46.9 Å². The van der Waals surface area contributed by atoms with Gasteiger partial charge in [0.05, 0.1) is 39.6 Å². The van der Waals surface area contributed by atoms with E-state index >= 15 is 0 Å². The van der Waals surface area contributed by atoms with Gasteiger partial charge < -0.3 is 23.7 Å². The Balaban J connectivity index is 3.19. The molecule has 0 N–H and O–H groups in total. The standard InChI is InChI=1S/C14H20Cl2O7/c1-11(15)13(17)22-9-7-20-5-3-19-4-6-21-8-10-23-14(18)12(2)16/h1-10H2. The molecule has 9 heteroatoms. The van der Waals surface area contributed by atoms with Gasteiger partial charge in [-0.05, 0) is 0 Å². The monoisotopic (exact) mass is 370 g/mol. The fourth-order valence-electron chi connectivity index (χ4n) is 1.09. The molecule has 0 saturated carbocycles. The van der Waals surface area contributed by atoms with E-state index in [2.05, 4.69) is 13.2 Å². The first kappa shape index (κ1) is 21.9. The molecule has 23 heavy (non-hydrogen) atoms. The first-order valence-corrected chi connectivity index (χ1v) is 7.47. The highest BCUT2D eigenvalue weighted by atomic mass is 35.5. The molecule has 0 aromatic heterocycles. The summed E-state index contributed by atoms with van der Waals surface area (Å²) in [5.74, 6) is -1.32. The molecule has 0 aliphatic heterocycles. The van der Waals surface area contributed by atoms with Crippen LogP contribution >= 0.6 is 23.2 Å². The summed E-state index contributed by atoms with van der Waals surface area (Å²) in [6, 6.07) is 0. The minimum absolute atomic E-state index is 0.0983. The molecule has 0 saturated heterocycles. The van der Waals surface area contributed by atoms with Gasteiger partial charge in [0, 0.05) is 0 Å². The van der Waals surface area contributed by atoms with E-state index in [1.54, 1.807) is 0 Å². The smallest absolute Gasteiger partial charge is 0.349 e. The minimum Gasteiger partial charge on any atom is -0.459 e. The van der Waals surface area contributed by atoms with Crippen LogP contribution in [0.3, 0.4) is 0 Å². The highest BCUT2D eigenvalue weighted by Gasteiger charge is 2.04. The summed E-state index contributed by atoms with van der Waals surface area (Å²) in [4.78, 5) is 21.8. The van der Waals surface area contributed by atoms with E-state index in [0.717, 1.165) is 0 Å². The van der Waals surface area contributed by atoms with Crippen LogP contribution in [0.1, 0.15) is 0 Å². The molecule has 0 aliphatic carbocycles. The van der Waals surface area contributed by atoms with E-state index in [1.807, 2.05) is 0 Å². The van der Waals surface area contributed by atoms with Crippen molar-refractivity contribution < 1.29 is 33.3 Å². The Bertz CT molecular complexity index is 363. The lowest BCUT2D eigenvalue weighted by atomic mass is 10.6. The third-order valence-corrected chi connectivity index (χ3v) is 2.42.